The van der Waals surface area contributed by atoms with Gasteiger partial charge in [-0.05, 0) is 29.8 Å². The molecule has 2 aromatic carbocycles. The first-order chi connectivity index (χ1) is 8.78. The largest absolute Gasteiger partial charge is 0.326 e. The number of amides is 1. The van der Waals surface area contributed by atoms with Crippen molar-refractivity contribution in [2.75, 3.05) is 5.32 Å². The maximum absolute atomic E-state index is 11.8. The van der Waals surface area contributed by atoms with Gasteiger partial charge in [-0.3, -0.25) is 9.59 Å². The van der Waals surface area contributed by atoms with E-state index in [1.165, 1.54) is 0 Å². The first-order valence-corrected chi connectivity index (χ1v) is 5.67. The van der Waals surface area contributed by atoms with Crippen LogP contribution in [0.4, 0.5) is 5.69 Å². The number of hydrogen-bond donors (Lipinski definition) is 1. The van der Waals surface area contributed by atoms with Gasteiger partial charge in [0.15, 0.2) is 0 Å². The molecule has 0 atom stereocenters. The number of nitrogens with one attached hydrogen (secondary N) is 1. The van der Waals surface area contributed by atoms with Crippen LogP contribution in [0.5, 0.6) is 0 Å². The maximum Gasteiger partial charge on any atom is 0.228 e. The lowest BCUT2D eigenvalue weighted by molar-refractivity contribution is -0.115. The Morgan fingerprint density at radius 3 is 2.28 bits per heavy atom. The smallest absolute Gasteiger partial charge is 0.228 e. The Morgan fingerprint density at radius 1 is 1.00 bits per heavy atom. The fraction of sp³-hybridized carbons (Fsp3) is 0.0667. The number of carbonyl (C=O) groups excluding carboxylic acids is 2. The SMILES string of the molecule is O=Cc1ccc(NC(=O)Cc2ccccc2)cc1. The first-order valence-electron chi connectivity index (χ1n) is 5.67. The van der Waals surface area contributed by atoms with Crippen molar-refractivity contribution in [3.63, 3.8) is 0 Å². The molecule has 2 aromatic rings. The molecule has 0 aromatic heterocycles. The van der Waals surface area contributed by atoms with E-state index in [1.807, 2.05) is 30.3 Å². The predicted octanol–water partition coefficient (Wildman–Crippen LogP) is 2.68. The highest BCUT2D eigenvalue weighted by Crippen LogP contribution is 2.09. The third-order valence-corrected chi connectivity index (χ3v) is 2.54. The van der Waals surface area contributed by atoms with Crippen LogP contribution >= 0.6 is 0 Å². The number of aldehydes is 1. The van der Waals surface area contributed by atoms with Crippen LogP contribution in [0.2, 0.25) is 0 Å². The number of hydrogen-bond acceptors (Lipinski definition) is 2. The molecular weight excluding hydrogens is 226 g/mol. The van der Waals surface area contributed by atoms with Crippen LogP contribution in [0, 0.1) is 0 Å². The van der Waals surface area contributed by atoms with Gasteiger partial charge in [0.25, 0.3) is 0 Å². The summed E-state index contributed by atoms with van der Waals surface area (Å²) >= 11 is 0. The van der Waals surface area contributed by atoms with E-state index in [1.54, 1.807) is 24.3 Å². The molecule has 3 nitrogen and oxygen atoms in total. The van der Waals surface area contributed by atoms with Crippen molar-refractivity contribution in [2.24, 2.45) is 0 Å². The summed E-state index contributed by atoms with van der Waals surface area (Å²) in [5, 5.41) is 2.79. The molecule has 0 aliphatic rings. The lowest BCUT2D eigenvalue weighted by Gasteiger charge is -2.05. The zero-order chi connectivity index (χ0) is 12.8. The monoisotopic (exact) mass is 239 g/mol. The molecule has 0 saturated carbocycles. The molecule has 0 aliphatic carbocycles. The topological polar surface area (TPSA) is 46.2 Å². The summed E-state index contributed by atoms with van der Waals surface area (Å²) in [6, 6.07) is 16.3. The van der Waals surface area contributed by atoms with E-state index in [-0.39, 0.29) is 5.91 Å². The van der Waals surface area contributed by atoms with E-state index in [9.17, 15) is 9.59 Å². The minimum atomic E-state index is -0.0694. The Bertz CT molecular complexity index is 532. The van der Waals surface area contributed by atoms with E-state index < -0.39 is 0 Å². The van der Waals surface area contributed by atoms with E-state index in [0.717, 1.165) is 11.8 Å². The second-order valence-corrected chi connectivity index (χ2v) is 3.95. The Balaban J connectivity index is 1.96. The molecule has 1 N–H and O–H groups in total. The molecule has 0 bridgehead atoms. The van der Waals surface area contributed by atoms with Gasteiger partial charge in [0, 0.05) is 11.3 Å². The summed E-state index contributed by atoms with van der Waals surface area (Å²) in [4.78, 5) is 22.2. The van der Waals surface area contributed by atoms with Gasteiger partial charge in [0.2, 0.25) is 5.91 Å². The molecule has 1 amide bonds. The van der Waals surface area contributed by atoms with Crippen molar-refractivity contribution in [3.8, 4) is 0 Å². The molecule has 2 rings (SSSR count). The lowest BCUT2D eigenvalue weighted by Crippen LogP contribution is -2.14. The quantitative estimate of drug-likeness (QED) is 0.834. The Hall–Kier alpha value is -2.42. The number of anilines is 1. The second-order valence-electron chi connectivity index (χ2n) is 3.95. The maximum atomic E-state index is 11.8. The standard InChI is InChI=1S/C15H13NO2/c17-11-13-6-8-14(9-7-13)16-15(18)10-12-4-2-1-3-5-12/h1-9,11H,10H2,(H,16,18). The van der Waals surface area contributed by atoms with Gasteiger partial charge in [0.05, 0.1) is 6.42 Å². The fourth-order valence-electron chi connectivity index (χ4n) is 1.63. The van der Waals surface area contributed by atoms with E-state index in [2.05, 4.69) is 5.32 Å². The minimum absolute atomic E-state index is 0.0694. The summed E-state index contributed by atoms with van der Waals surface area (Å²) < 4.78 is 0. The summed E-state index contributed by atoms with van der Waals surface area (Å²) in [6.07, 6.45) is 1.12. The van der Waals surface area contributed by atoms with Crippen molar-refractivity contribution in [2.45, 2.75) is 6.42 Å². The number of carbonyl (C=O) groups is 2. The minimum Gasteiger partial charge on any atom is -0.326 e. The van der Waals surface area contributed by atoms with Crippen molar-refractivity contribution in [1.82, 2.24) is 0 Å². The molecule has 90 valence electrons. The first kappa shape index (κ1) is 12.0. The summed E-state index contributed by atoms with van der Waals surface area (Å²) in [6.45, 7) is 0. The van der Waals surface area contributed by atoms with Crippen LogP contribution in [0.3, 0.4) is 0 Å². The molecule has 0 unspecified atom stereocenters. The van der Waals surface area contributed by atoms with Crippen LogP contribution in [0.25, 0.3) is 0 Å². The van der Waals surface area contributed by atoms with Gasteiger partial charge >= 0.3 is 0 Å². The van der Waals surface area contributed by atoms with Gasteiger partial charge in [0.1, 0.15) is 6.29 Å². The summed E-state index contributed by atoms with van der Waals surface area (Å²) in [7, 11) is 0. The normalized spacial score (nSPS) is 9.78. The van der Waals surface area contributed by atoms with Crippen LogP contribution in [0.15, 0.2) is 54.6 Å². The average Bonchev–Trinajstić information content (AvgIpc) is 2.40. The lowest BCUT2D eigenvalue weighted by atomic mass is 10.1. The van der Waals surface area contributed by atoms with Crippen molar-refractivity contribution >= 4 is 17.9 Å². The highest BCUT2D eigenvalue weighted by molar-refractivity contribution is 5.92. The third-order valence-electron chi connectivity index (χ3n) is 2.54. The zero-order valence-corrected chi connectivity index (χ0v) is 9.80. The summed E-state index contributed by atoms with van der Waals surface area (Å²) in [5.41, 5.74) is 2.26. The van der Waals surface area contributed by atoms with Crippen LogP contribution in [-0.4, -0.2) is 12.2 Å². The Morgan fingerprint density at radius 2 is 1.67 bits per heavy atom. The molecule has 0 spiro atoms. The van der Waals surface area contributed by atoms with Gasteiger partial charge < -0.3 is 5.32 Å². The third kappa shape index (κ3) is 3.28. The van der Waals surface area contributed by atoms with E-state index in [0.29, 0.717) is 17.7 Å². The fourth-order valence-corrected chi connectivity index (χ4v) is 1.63. The number of benzene rings is 2. The Labute approximate surface area is 105 Å². The summed E-state index contributed by atoms with van der Waals surface area (Å²) in [5.74, 6) is -0.0694. The van der Waals surface area contributed by atoms with Crippen molar-refractivity contribution < 1.29 is 9.59 Å². The second kappa shape index (κ2) is 5.77. The molecule has 18 heavy (non-hydrogen) atoms. The van der Waals surface area contributed by atoms with Crippen LogP contribution < -0.4 is 5.32 Å². The van der Waals surface area contributed by atoms with E-state index in [4.69, 9.17) is 0 Å². The van der Waals surface area contributed by atoms with Gasteiger partial charge in [-0.25, -0.2) is 0 Å². The molecule has 0 aliphatic heterocycles. The highest BCUT2D eigenvalue weighted by atomic mass is 16.1. The van der Waals surface area contributed by atoms with Gasteiger partial charge in [-0.2, -0.15) is 0 Å². The van der Waals surface area contributed by atoms with Crippen molar-refractivity contribution in [1.29, 1.82) is 0 Å². The zero-order valence-electron chi connectivity index (χ0n) is 9.80. The molecule has 0 radical (unpaired) electrons. The average molecular weight is 239 g/mol. The molecular formula is C15H13NO2. The molecule has 0 saturated heterocycles. The molecule has 0 fully saturated rings. The van der Waals surface area contributed by atoms with Crippen molar-refractivity contribution in [3.05, 3.63) is 65.7 Å². The molecule has 0 heterocycles. The number of rotatable bonds is 4. The highest BCUT2D eigenvalue weighted by Gasteiger charge is 2.03. The van der Waals surface area contributed by atoms with Crippen LogP contribution in [-0.2, 0) is 11.2 Å². The van der Waals surface area contributed by atoms with Gasteiger partial charge in [-0.1, -0.05) is 30.3 Å². The molecule has 3 heteroatoms. The Kier molecular flexibility index (Phi) is 3.86. The predicted molar refractivity (Wildman–Crippen MR) is 70.6 cm³/mol. The van der Waals surface area contributed by atoms with Gasteiger partial charge in [-0.15, -0.1) is 0 Å². The van der Waals surface area contributed by atoms with Crippen LogP contribution in [0.1, 0.15) is 15.9 Å². The van der Waals surface area contributed by atoms with E-state index >= 15 is 0 Å².